The number of benzene rings is 3. The van der Waals surface area contributed by atoms with Gasteiger partial charge in [0.1, 0.15) is 5.54 Å². The highest BCUT2D eigenvalue weighted by Gasteiger charge is 2.70. The maximum Gasteiger partial charge on any atom is 0.200 e. The smallest absolute Gasteiger partial charge is 0.200 e. The number of hydrogen-bond acceptors (Lipinski definition) is 3. The first-order valence-electron chi connectivity index (χ1n) is 11.2. The molecule has 0 radical (unpaired) electrons. The molecular weight excluding hydrogens is 402 g/mol. The van der Waals surface area contributed by atoms with Crippen LogP contribution >= 0.6 is 11.6 Å². The number of anilines is 1. The van der Waals surface area contributed by atoms with Gasteiger partial charge >= 0.3 is 0 Å². The summed E-state index contributed by atoms with van der Waals surface area (Å²) in [5.41, 5.74) is 5.96. The van der Waals surface area contributed by atoms with Crippen LogP contribution in [-0.4, -0.2) is 11.1 Å². The van der Waals surface area contributed by atoms with Crippen LogP contribution in [0.15, 0.2) is 72.8 Å². The highest BCUT2D eigenvalue weighted by molar-refractivity contribution is 6.30. The van der Waals surface area contributed by atoms with Crippen LogP contribution < -0.4 is 5.01 Å². The van der Waals surface area contributed by atoms with Gasteiger partial charge in [0.05, 0.1) is 11.7 Å². The van der Waals surface area contributed by atoms with Gasteiger partial charge in [0.25, 0.3) is 0 Å². The first-order chi connectivity index (χ1) is 15.2. The summed E-state index contributed by atoms with van der Waals surface area (Å²) < 4.78 is 0. The van der Waals surface area contributed by atoms with Crippen LogP contribution in [0.1, 0.15) is 30.4 Å². The summed E-state index contributed by atoms with van der Waals surface area (Å²) in [5, 5.41) is 15.5. The van der Waals surface area contributed by atoms with E-state index in [1.807, 2.05) is 17.1 Å². The first-order valence-corrected chi connectivity index (χ1v) is 11.6. The first kappa shape index (κ1) is 17.7. The SMILES string of the molecule is N#CN1[C@@H]2[C@H]3CC[C@H](C3)[C@@H]2C2(c3ccccc3-c3ccccc32)N1c1ccc(Cl)cc1. The van der Waals surface area contributed by atoms with Crippen molar-refractivity contribution in [1.82, 2.24) is 5.01 Å². The zero-order valence-electron chi connectivity index (χ0n) is 17.1. The van der Waals surface area contributed by atoms with Crippen LogP contribution in [0.5, 0.6) is 0 Å². The van der Waals surface area contributed by atoms with Gasteiger partial charge in [0.15, 0.2) is 6.19 Å². The van der Waals surface area contributed by atoms with Crippen LogP contribution in [0, 0.1) is 29.2 Å². The Labute approximate surface area is 187 Å². The van der Waals surface area contributed by atoms with Crippen LogP contribution in [0.2, 0.25) is 5.02 Å². The van der Waals surface area contributed by atoms with Crippen molar-refractivity contribution in [3.8, 4) is 17.3 Å². The molecule has 1 heterocycles. The molecule has 7 rings (SSSR count). The Balaban J connectivity index is 1.60. The van der Waals surface area contributed by atoms with Crippen LogP contribution in [0.4, 0.5) is 5.69 Å². The zero-order chi connectivity index (χ0) is 20.7. The monoisotopic (exact) mass is 423 g/mol. The maximum absolute atomic E-state index is 10.5. The third-order valence-corrected chi connectivity index (χ3v) is 8.58. The number of rotatable bonds is 1. The number of halogens is 1. The molecular formula is C27H22ClN3. The highest BCUT2D eigenvalue weighted by atomic mass is 35.5. The summed E-state index contributed by atoms with van der Waals surface area (Å²) in [7, 11) is 0. The molecule has 2 bridgehead atoms. The summed E-state index contributed by atoms with van der Waals surface area (Å²) in [6.45, 7) is 0. The Morgan fingerprint density at radius 1 is 0.839 bits per heavy atom. The van der Waals surface area contributed by atoms with E-state index in [1.165, 1.54) is 41.5 Å². The van der Waals surface area contributed by atoms with Crippen molar-refractivity contribution in [3.05, 3.63) is 88.9 Å². The van der Waals surface area contributed by atoms with E-state index in [0.29, 0.717) is 22.8 Å². The van der Waals surface area contributed by atoms with Crippen molar-refractivity contribution in [2.75, 3.05) is 5.01 Å². The fourth-order valence-electron chi connectivity index (χ4n) is 7.50. The molecule has 0 amide bonds. The molecule has 1 aliphatic heterocycles. The van der Waals surface area contributed by atoms with Gasteiger partial charge in [-0.2, -0.15) is 5.26 Å². The molecule has 4 atom stereocenters. The number of nitriles is 1. The Hall–Kier alpha value is -2.96. The third-order valence-electron chi connectivity index (χ3n) is 8.33. The standard InChI is InChI=1S/C27H22ClN3/c28-19-11-13-20(14-12-19)31-27(25-17-9-10-18(15-17)26(25)30(31)16-29)23-7-3-1-5-21(23)22-6-2-4-8-24(22)27/h1-8,11-14,17-18,25-26H,9-10,15H2/t17-,18+,25+,26-/m1/s1. The fraction of sp³-hybridized carbons (Fsp3) is 0.296. The predicted molar refractivity (Wildman–Crippen MR) is 122 cm³/mol. The maximum atomic E-state index is 10.5. The normalized spacial score (nSPS) is 28.5. The minimum Gasteiger partial charge on any atom is -0.261 e. The van der Waals surface area contributed by atoms with Crippen LogP contribution in [0.3, 0.4) is 0 Å². The van der Waals surface area contributed by atoms with Gasteiger partial charge in [-0.15, -0.1) is 0 Å². The molecule has 0 aromatic heterocycles. The second kappa shape index (κ2) is 6.05. The van der Waals surface area contributed by atoms with Crippen LogP contribution in [-0.2, 0) is 5.54 Å². The van der Waals surface area contributed by atoms with Crippen molar-refractivity contribution >= 4 is 17.3 Å². The molecule has 152 valence electrons. The Bertz CT molecular complexity index is 1200. The summed E-state index contributed by atoms with van der Waals surface area (Å²) in [5.74, 6) is 1.62. The molecule has 0 unspecified atom stereocenters. The van der Waals surface area contributed by atoms with Gasteiger partial charge in [-0.3, -0.25) is 5.01 Å². The quantitative estimate of drug-likeness (QED) is 0.436. The minimum absolute atomic E-state index is 0.249. The highest BCUT2D eigenvalue weighted by Crippen LogP contribution is 2.68. The second-order valence-corrected chi connectivity index (χ2v) is 9.88. The molecule has 3 aromatic carbocycles. The lowest BCUT2D eigenvalue weighted by molar-refractivity contribution is 0.211. The lowest BCUT2D eigenvalue weighted by atomic mass is 9.68. The van der Waals surface area contributed by atoms with E-state index in [1.54, 1.807) is 0 Å². The Morgan fingerprint density at radius 3 is 2.10 bits per heavy atom. The molecule has 3 fully saturated rings. The van der Waals surface area contributed by atoms with Crippen molar-refractivity contribution in [2.45, 2.75) is 30.8 Å². The average molecular weight is 424 g/mol. The molecule has 4 aliphatic rings. The largest absolute Gasteiger partial charge is 0.261 e. The fourth-order valence-corrected chi connectivity index (χ4v) is 7.63. The van der Waals surface area contributed by atoms with E-state index in [9.17, 15) is 5.26 Å². The third kappa shape index (κ3) is 2.00. The number of nitrogens with zero attached hydrogens (tertiary/aromatic N) is 3. The summed E-state index contributed by atoms with van der Waals surface area (Å²) >= 11 is 6.26. The van der Waals surface area contributed by atoms with Gasteiger partial charge in [-0.25, -0.2) is 5.01 Å². The molecule has 3 aromatic rings. The second-order valence-electron chi connectivity index (χ2n) is 9.44. The van der Waals surface area contributed by atoms with Crippen molar-refractivity contribution in [1.29, 1.82) is 5.26 Å². The summed E-state index contributed by atoms with van der Waals surface area (Å²) in [6.07, 6.45) is 6.37. The van der Waals surface area contributed by atoms with Gasteiger partial charge < -0.3 is 0 Å². The molecule has 4 heteroatoms. The molecule has 1 saturated heterocycles. The lowest BCUT2D eigenvalue weighted by Crippen LogP contribution is -2.50. The Kier molecular flexibility index (Phi) is 3.45. The summed E-state index contributed by atoms with van der Waals surface area (Å²) in [6, 6.07) is 25.9. The molecule has 0 N–H and O–H groups in total. The summed E-state index contributed by atoms with van der Waals surface area (Å²) in [4.78, 5) is 0. The van der Waals surface area contributed by atoms with Crippen molar-refractivity contribution < 1.29 is 0 Å². The average Bonchev–Trinajstić information content (AvgIpc) is 3.55. The molecule has 3 aliphatic carbocycles. The van der Waals surface area contributed by atoms with E-state index >= 15 is 0 Å². The number of fused-ring (bicyclic) bond motifs is 11. The Morgan fingerprint density at radius 2 is 1.45 bits per heavy atom. The van der Waals surface area contributed by atoms with Gasteiger partial charge in [-0.1, -0.05) is 60.1 Å². The molecule has 1 spiro atoms. The zero-order valence-corrected chi connectivity index (χ0v) is 17.8. The van der Waals surface area contributed by atoms with Gasteiger partial charge in [-0.05, 0) is 77.6 Å². The molecule has 31 heavy (non-hydrogen) atoms. The van der Waals surface area contributed by atoms with Crippen molar-refractivity contribution in [3.63, 3.8) is 0 Å². The topological polar surface area (TPSA) is 30.3 Å². The predicted octanol–water partition coefficient (Wildman–Crippen LogP) is 6.20. The molecule has 2 saturated carbocycles. The van der Waals surface area contributed by atoms with Gasteiger partial charge in [0, 0.05) is 10.9 Å². The van der Waals surface area contributed by atoms with E-state index in [4.69, 9.17) is 11.6 Å². The minimum atomic E-state index is -0.360. The van der Waals surface area contributed by atoms with E-state index in [0.717, 1.165) is 5.69 Å². The van der Waals surface area contributed by atoms with Gasteiger partial charge in [0.2, 0.25) is 0 Å². The van der Waals surface area contributed by atoms with Crippen LogP contribution in [0.25, 0.3) is 11.1 Å². The molecule has 3 nitrogen and oxygen atoms in total. The number of hydrazine groups is 1. The van der Waals surface area contributed by atoms with E-state index in [2.05, 4.69) is 71.9 Å². The van der Waals surface area contributed by atoms with E-state index < -0.39 is 0 Å². The van der Waals surface area contributed by atoms with Crippen molar-refractivity contribution in [2.24, 2.45) is 17.8 Å². The van der Waals surface area contributed by atoms with E-state index in [-0.39, 0.29) is 11.6 Å². The lowest BCUT2D eigenvalue weighted by Gasteiger charge is -2.44. The number of hydrogen-bond donors (Lipinski definition) is 0.